The highest BCUT2D eigenvalue weighted by Crippen LogP contribution is 2.25. The third kappa shape index (κ3) is 18.4. The topological polar surface area (TPSA) is 131 Å². The summed E-state index contributed by atoms with van der Waals surface area (Å²) in [7, 11) is 0. The van der Waals surface area contributed by atoms with Gasteiger partial charge in [-0.3, -0.25) is 9.59 Å². The van der Waals surface area contributed by atoms with Crippen LogP contribution in [0.4, 0.5) is 9.59 Å². The zero-order chi connectivity index (χ0) is 36.9. The van der Waals surface area contributed by atoms with Gasteiger partial charge in [0.1, 0.15) is 11.2 Å². The molecule has 0 spiro atoms. The highest BCUT2D eigenvalue weighted by Gasteiger charge is 2.50. The van der Waals surface area contributed by atoms with Crippen molar-refractivity contribution in [3.05, 3.63) is 0 Å². The fraction of sp³-hybridized carbons (Fsp3) is 0.897. The van der Waals surface area contributed by atoms with Gasteiger partial charge in [-0.25, -0.2) is 9.59 Å². The molecule has 3 N–H and O–H groups in total. The quantitative estimate of drug-likeness (QED) is 0.0853. The molecule has 1 rings (SSSR count). The fourth-order valence-electron chi connectivity index (χ4n) is 6.31. The molecule has 1 fully saturated rings. The van der Waals surface area contributed by atoms with Crippen LogP contribution in [0.25, 0.3) is 0 Å². The first kappa shape index (κ1) is 44.7. The van der Waals surface area contributed by atoms with Crippen molar-refractivity contribution in [1.29, 1.82) is 0 Å². The normalized spacial score (nSPS) is 16.5. The van der Waals surface area contributed by atoms with Crippen LogP contribution in [0.1, 0.15) is 190 Å². The van der Waals surface area contributed by atoms with Crippen molar-refractivity contribution in [3.8, 4) is 0 Å². The Hall–Kier alpha value is -2.36. The number of nitrogens with zero attached hydrogens (tertiary/aromatic N) is 2. The van der Waals surface area contributed by atoms with Crippen molar-refractivity contribution < 1.29 is 28.7 Å². The molecule has 0 aliphatic carbocycles. The second kappa shape index (κ2) is 23.2. The number of hydrogen-bond donors (Lipinski definition) is 2. The second-order valence-electron chi connectivity index (χ2n) is 16.1. The molecule has 0 saturated carbocycles. The van der Waals surface area contributed by atoms with Crippen molar-refractivity contribution >= 4 is 24.0 Å². The van der Waals surface area contributed by atoms with Gasteiger partial charge in [0.25, 0.3) is 5.91 Å². The molecule has 0 aromatic rings. The average Bonchev–Trinajstić information content (AvgIpc) is 3.01. The smallest absolute Gasteiger partial charge is 0.421 e. The van der Waals surface area contributed by atoms with Gasteiger partial charge in [-0.05, 0) is 80.1 Å². The molecule has 0 bridgehead atoms. The lowest BCUT2D eigenvalue weighted by atomic mass is 9.98. The van der Waals surface area contributed by atoms with E-state index in [9.17, 15) is 19.2 Å². The lowest BCUT2D eigenvalue weighted by Gasteiger charge is -2.40. The van der Waals surface area contributed by atoms with E-state index in [-0.39, 0.29) is 24.9 Å². The number of amides is 4. The van der Waals surface area contributed by atoms with Crippen LogP contribution in [0, 0.1) is 0 Å². The van der Waals surface area contributed by atoms with Crippen molar-refractivity contribution in [1.82, 2.24) is 15.1 Å². The average molecular weight is 695 g/mol. The molecule has 0 aromatic carbocycles. The number of imide groups is 1. The number of nitrogens with two attached hydrogens (primary N) is 1. The van der Waals surface area contributed by atoms with E-state index in [1.165, 1.54) is 70.6 Å². The maximum Gasteiger partial charge on any atom is 0.421 e. The zero-order valence-corrected chi connectivity index (χ0v) is 32.8. The monoisotopic (exact) mass is 695 g/mol. The van der Waals surface area contributed by atoms with Crippen molar-refractivity contribution in [2.75, 3.05) is 13.1 Å². The van der Waals surface area contributed by atoms with E-state index in [2.05, 4.69) is 12.2 Å². The molecule has 286 valence electrons. The Bertz CT molecular complexity index is 948. The Morgan fingerprint density at radius 3 is 1.59 bits per heavy atom. The summed E-state index contributed by atoms with van der Waals surface area (Å²) in [4.78, 5) is 56.6. The van der Waals surface area contributed by atoms with E-state index in [1.54, 1.807) is 41.5 Å². The van der Waals surface area contributed by atoms with Crippen LogP contribution in [0.2, 0.25) is 0 Å². The fourth-order valence-corrected chi connectivity index (χ4v) is 6.31. The molecular formula is C39H74N4O6. The molecule has 4 amide bonds. The molecule has 10 heteroatoms. The Morgan fingerprint density at radius 2 is 1.14 bits per heavy atom. The molecule has 2 atom stereocenters. The summed E-state index contributed by atoms with van der Waals surface area (Å²) in [5.74, 6) is -0.561. The Balaban J connectivity index is 2.72. The first-order valence-electron chi connectivity index (χ1n) is 19.7. The van der Waals surface area contributed by atoms with Gasteiger partial charge in [-0.2, -0.15) is 4.90 Å². The molecule has 0 aromatic heterocycles. The second-order valence-corrected chi connectivity index (χ2v) is 16.1. The van der Waals surface area contributed by atoms with Gasteiger partial charge < -0.3 is 25.4 Å². The van der Waals surface area contributed by atoms with Crippen molar-refractivity contribution in [2.45, 2.75) is 213 Å². The summed E-state index contributed by atoms with van der Waals surface area (Å²) < 4.78 is 11.1. The third-order valence-corrected chi connectivity index (χ3v) is 9.05. The number of carbonyl (C=O) groups excluding carboxylic acids is 4. The summed E-state index contributed by atoms with van der Waals surface area (Å²) in [5.41, 5.74) is 2.81. The summed E-state index contributed by atoms with van der Waals surface area (Å²) in [6.45, 7) is 15.1. The van der Waals surface area contributed by atoms with Crippen LogP contribution in [-0.4, -0.2) is 69.8 Å². The number of likely N-dealkylation sites (tertiary alicyclic amines) is 1. The SMILES string of the molecule is CCCCCCCCCCCCCCCCC(=O)N1CCCCC1CNC(=O)C(N)(CCCC)N(C(=O)OC(C)(C)C)C(=O)OC(C)(C)C. The lowest BCUT2D eigenvalue weighted by molar-refractivity contribution is -0.137. The van der Waals surface area contributed by atoms with Crippen LogP contribution in [0.5, 0.6) is 0 Å². The van der Waals surface area contributed by atoms with E-state index in [0.717, 1.165) is 38.5 Å². The minimum Gasteiger partial charge on any atom is -0.443 e. The number of piperidine rings is 1. The standard InChI is InChI=1S/C39H74N4O6/c1-9-11-13-14-15-16-17-18-19-20-21-22-23-24-28-33(44)42-30-26-25-27-32(42)31-41-34(45)39(40,29-12-10-2)43(35(46)48-37(3,4)5)36(47)49-38(6,7)8/h32H,9-31,40H2,1-8H3,(H,41,45). The molecule has 10 nitrogen and oxygen atoms in total. The largest absolute Gasteiger partial charge is 0.443 e. The molecule has 2 unspecified atom stereocenters. The zero-order valence-electron chi connectivity index (χ0n) is 32.8. The summed E-state index contributed by atoms with van der Waals surface area (Å²) in [6, 6.07) is -0.177. The first-order chi connectivity index (χ1) is 23.1. The molecule has 1 saturated heterocycles. The predicted octanol–water partition coefficient (Wildman–Crippen LogP) is 9.37. The molecule has 49 heavy (non-hydrogen) atoms. The molecule has 1 aliphatic rings. The first-order valence-corrected chi connectivity index (χ1v) is 19.7. The van der Waals surface area contributed by atoms with Gasteiger partial charge in [-0.15, -0.1) is 0 Å². The van der Waals surface area contributed by atoms with Gasteiger partial charge in [-0.1, -0.05) is 104 Å². The molecule has 1 heterocycles. The molecule has 0 radical (unpaired) electrons. The Morgan fingerprint density at radius 1 is 0.694 bits per heavy atom. The highest BCUT2D eigenvalue weighted by atomic mass is 16.6. The minimum absolute atomic E-state index is 0.0280. The van der Waals surface area contributed by atoms with Gasteiger partial charge in [0.05, 0.1) is 0 Å². The highest BCUT2D eigenvalue weighted by molar-refractivity contribution is 5.98. The van der Waals surface area contributed by atoms with Gasteiger partial charge in [0.15, 0.2) is 5.66 Å². The minimum atomic E-state index is -2.04. The summed E-state index contributed by atoms with van der Waals surface area (Å²) >= 11 is 0. The molecule has 1 aliphatic heterocycles. The van der Waals surface area contributed by atoms with E-state index >= 15 is 0 Å². The van der Waals surface area contributed by atoms with E-state index in [0.29, 0.717) is 30.7 Å². The van der Waals surface area contributed by atoms with Crippen LogP contribution < -0.4 is 11.1 Å². The number of hydrogen-bond acceptors (Lipinski definition) is 7. The Labute approximate surface area is 299 Å². The summed E-state index contributed by atoms with van der Waals surface area (Å²) in [6.07, 6.45) is 20.0. The summed E-state index contributed by atoms with van der Waals surface area (Å²) in [5, 5.41) is 2.91. The van der Waals surface area contributed by atoms with Crippen LogP contribution in [-0.2, 0) is 19.1 Å². The van der Waals surface area contributed by atoms with Gasteiger partial charge in [0, 0.05) is 25.6 Å². The number of carbonyl (C=O) groups is 4. The molecular weight excluding hydrogens is 620 g/mol. The van der Waals surface area contributed by atoms with E-state index in [4.69, 9.17) is 15.2 Å². The van der Waals surface area contributed by atoms with Crippen molar-refractivity contribution in [3.63, 3.8) is 0 Å². The van der Waals surface area contributed by atoms with Crippen LogP contribution in [0.3, 0.4) is 0 Å². The number of nitrogens with one attached hydrogen (secondary N) is 1. The lowest BCUT2D eigenvalue weighted by Crippen LogP contribution is -2.69. The van der Waals surface area contributed by atoms with Gasteiger partial charge in [0.2, 0.25) is 5.91 Å². The number of unbranched alkanes of at least 4 members (excludes halogenated alkanes) is 14. The van der Waals surface area contributed by atoms with E-state index < -0.39 is 35.0 Å². The number of rotatable bonds is 22. The predicted molar refractivity (Wildman–Crippen MR) is 198 cm³/mol. The van der Waals surface area contributed by atoms with Crippen molar-refractivity contribution in [2.24, 2.45) is 5.73 Å². The Kier molecular flexibility index (Phi) is 21.1. The number of ether oxygens (including phenoxy) is 2. The maximum atomic E-state index is 13.9. The van der Waals surface area contributed by atoms with Gasteiger partial charge >= 0.3 is 12.2 Å². The maximum absolute atomic E-state index is 13.9. The van der Waals surface area contributed by atoms with Crippen LogP contribution in [0.15, 0.2) is 0 Å². The third-order valence-electron chi connectivity index (χ3n) is 9.05. The van der Waals surface area contributed by atoms with E-state index in [1.807, 2.05) is 11.8 Å². The van der Waals surface area contributed by atoms with Crippen LogP contribution >= 0.6 is 0 Å².